The van der Waals surface area contributed by atoms with Crippen molar-refractivity contribution in [3.63, 3.8) is 0 Å². The van der Waals surface area contributed by atoms with Crippen LogP contribution >= 0.6 is 11.6 Å². The van der Waals surface area contributed by atoms with Crippen LogP contribution in [0.1, 0.15) is 64.8 Å². The topological polar surface area (TPSA) is 124 Å². The van der Waals surface area contributed by atoms with E-state index in [4.69, 9.17) is 40.3 Å². The van der Waals surface area contributed by atoms with Gasteiger partial charge in [0.15, 0.2) is 0 Å². The monoisotopic (exact) mass is 811 g/mol. The van der Waals surface area contributed by atoms with Crippen LogP contribution in [0.5, 0.6) is 0 Å². The van der Waals surface area contributed by atoms with Crippen LogP contribution in [0, 0.1) is 0 Å². The van der Waals surface area contributed by atoms with Gasteiger partial charge in [-0.1, -0.05) is 18.5 Å². The Bertz CT molecular complexity index is 1750. The molecule has 0 unspecified atom stereocenters. The van der Waals surface area contributed by atoms with Gasteiger partial charge in [0, 0.05) is 70.2 Å². The molecule has 6 rings (SSSR count). The highest BCUT2D eigenvalue weighted by atomic mass is 35.5. The number of likely N-dealkylation sites (tertiary alicyclic amines) is 1. The lowest BCUT2D eigenvalue weighted by Crippen LogP contribution is -2.51. The van der Waals surface area contributed by atoms with Crippen molar-refractivity contribution >= 4 is 40.3 Å². The van der Waals surface area contributed by atoms with E-state index in [1.807, 2.05) is 49.9 Å². The summed E-state index contributed by atoms with van der Waals surface area (Å²) in [5, 5.41) is 0.611. The number of anilines is 1. The molecule has 1 aromatic carbocycles. The second kappa shape index (κ2) is 20.5. The summed E-state index contributed by atoms with van der Waals surface area (Å²) >= 11 is 6.38. The van der Waals surface area contributed by atoms with Crippen molar-refractivity contribution < 1.29 is 33.3 Å². The van der Waals surface area contributed by atoms with Crippen molar-refractivity contribution in [2.45, 2.75) is 77.5 Å². The van der Waals surface area contributed by atoms with Crippen LogP contribution in [0.3, 0.4) is 0 Å². The van der Waals surface area contributed by atoms with Gasteiger partial charge in [0.05, 0.1) is 81.1 Å². The summed E-state index contributed by atoms with van der Waals surface area (Å²) in [4.78, 5) is 45.2. The van der Waals surface area contributed by atoms with Crippen LogP contribution in [-0.4, -0.2) is 152 Å². The number of fused-ring (bicyclic) bond motifs is 3. The van der Waals surface area contributed by atoms with Crippen LogP contribution in [0.4, 0.5) is 10.5 Å². The smallest absolute Gasteiger partial charge is 0.410 e. The number of piperidine rings is 1. The Morgan fingerprint density at radius 2 is 1.47 bits per heavy atom. The molecule has 2 saturated heterocycles. The number of halogens is 1. The minimum absolute atomic E-state index is 0.0182. The number of carbonyl (C=O) groups is 2. The molecule has 3 aliphatic heterocycles. The number of hydrogen-bond donors (Lipinski definition) is 0. The fourth-order valence-electron chi connectivity index (χ4n) is 7.95. The van der Waals surface area contributed by atoms with Gasteiger partial charge in [0.2, 0.25) is 5.91 Å². The Hall–Kier alpha value is -3.37. The number of hydrogen-bond acceptors (Lipinski definition) is 11. The van der Waals surface area contributed by atoms with E-state index in [-0.39, 0.29) is 12.0 Å². The fourth-order valence-corrected chi connectivity index (χ4v) is 8.12. The summed E-state index contributed by atoms with van der Waals surface area (Å²) in [7, 11) is 0. The minimum atomic E-state index is -0.732. The summed E-state index contributed by atoms with van der Waals surface area (Å²) in [6.07, 6.45) is 5.91. The van der Waals surface area contributed by atoms with Crippen LogP contribution in [0.15, 0.2) is 36.7 Å². The molecular weight excluding hydrogens is 750 g/mol. The maximum absolute atomic E-state index is 14.5. The first-order valence-corrected chi connectivity index (χ1v) is 21.1. The maximum atomic E-state index is 14.5. The van der Waals surface area contributed by atoms with Crippen molar-refractivity contribution in [3.8, 4) is 0 Å². The van der Waals surface area contributed by atoms with Gasteiger partial charge in [-0.05, 0) is 82.8 Å². The second-order valence-electron chi connectivity index (χ2n) is 16.1. The third kappa shape index (κ3) is 11.4. The number of benzene rings is 1. The number of piperazine rings is 1. The van der Waals surface area contributed by atoms with Crippen molar-refractivity contribution in [1.82, 2.24) is 29.2 Å². The molecule has 2 aromatic heterocycles. The van der Waals surface area contributed by atoms with Gasteiger partial charge in [-0.25, -0.2) is 9.78 Å². The number of imidazole rings is 1. The van der Waals surface area contributed by atoms with E-state index in [1.165, 1.54) is 0 Å². The van der Waals surface area contributed by atoms with Crippen molar-refractivity contribution in [2.24, 2.45) is 0 Å². The Labute approximate surface area is 342 Å². The summed E-state index contributed by atoms with van der Waals surface area (Å²) < 4.78 is 30.7. The van der Waals surface area contributed by atoms with E-state index in [2.05, 4.69) is 26.3 Å². The second-order valence-corrected chi connectivity index (χ2v) is 16.5. The molecule has 0 atom stereocenters. The highest BCUT2D eigenvalue weighted by Crippen LogP contribution is 2.48. The lowest BCUT2D eigenvalue weighted by Gasteiger charge is -2.38. The molecule has 0 bridgehead atoms. The number of pyridine rings is 1. The van der Waals surface area contributed by atoms with E-state index in [9.17, 15) is 9.59 Å². The number of aromatic nitrogens is 3. The molecule has 15 heteroatoms. The van der Waals surface area contributed by atoms with E-state index in [0.717, 1.165) is 86.8 Å². The zero-order valence-electron chi connectivity index (χ0n) is 34.4. The van der Waals surface area contributed by atoms with Gasteiger partial charge in [-0.2, -0.15) is 0 Å². The first-order valence-electron chi connectivity index (χ1n) is 20.7. The van der Waals surface area contributed by atoms with Gasteiger partial charge in [0.1, 0.15) is 11.4 Å². The van der Waals surface area contributed by atoms with E-state index in [1.54, 1.807) is 17.3 Å². The van der Waals surface area contributed by atoms with Crippen molar-refractivity contribution in [2.75, 3.05) is 110 Å². The first-order chi connectivity index (χ1) is 27.6. The molecule has 14 nitrogen and oxygen atoms in total. The van der Waals surface area contributed by atoms with E-state index < -0.39 is 11.0 Å². The highest BCUT2D eigenvalue weighted by Gasteiger charge is 2.53. The fraction of sp³-hybridized carbons (Fsp3) is 0.667. The molecule has 0 saturated carbocycles. The lowest BCUT2D eigenvalue weighted by molar-refractivity contribution is -0.125. The lowest BCUT2D eigenvalue weighted by atomic mass is 9.74. The molecule has 2 fully saturated rings. The quantitative estimate of drug-likeness (QED) is 0.137. The molecule has 5 heterocycles. The van der Waals surface area contributed by atoms with Crippen LogP contribution in [-0.2, 0) is 47.0 Å². The molecular formula is C42H62ClN7O7. The number of ether oxygens (including phenoxy) is 5. The molecule has 1 spiro atoms. The standard InChI is InChI=1S/C42H62ClN7O7/c1-5-46-17-19-47(20-18-46)21-23-54-25-27-56-29-28-55-26-24-53-22-7-6-14-49-36-9-8-33(43)30-35(36)45-38(49)32-50-37-31-44-13-10-34(37)42(39(50)51)11-15-48(16-12-42)40(52)57-41(2,3)4/h8-10,13,30-31H,5-7,11-12,14-29,32H2,1-4H3. The average Bonchev–Trinajstić information content (AvgIpc) is 3.64. The summed E-state index contributed by atoms with van der Waals surface area (Å²) in [6, 6.07) is 7.68. The van der Waals surface area contributed by atoms with E-state index in [0.29, 0.717) is 90.3 Å². The zero-order valence-corrected chi connectivity index (χ0v) is 35.1. The maximum Gasteiger partial charge on any atom is 0.410 e. The molecule has 57 heavy (non-hydrogen) atoms. The normalized spacial score (nSPS) is 17.6. The molecule has 3 aromatic rings. The highest BCUT2D eigenvalue weighted by molar-refractivity contribution is 6.31. The molecule has 314 valence electrons. The van der Waals surface area contributed by atoms with Gasteiger partial charge in [-0.15, -0.1) is 0 Å². The SMILES string of the molecule is CCN1CCN(CCOCCOCCOCCOCCCCn2c(CN3C(=O)C4(CCN(C(=O)OC(C)(C)C)CC4)c4ccncc43)nc3cc(Cl)ccc32)CC1. The van der Waals surface area contributed by atoms with E-state index >= 15 is 0 Å². The molecule has 2 amide bonds. The summed E-state index contributed by atoms with van der Waals surface area (Å²) in [6.45, 7) is 20.9. The van der Waals surface area contributed by atoms with Crippen LogP contribution in [0.2, 0.25) is 5.02 Å². The Morgan fingerprint density at radius 3 is 2.14 bits per heavy atom. The molecule has 0 N–H and O–H groups in total. The number of aryl methyl sites for hydroxylation is 1. The third-order valence-electron chi connectivity index (χ3n) is 11.1. The third-order valence-corrected chi connectivity index (χ3v) is 11.4. The number of likely N-dealkylation sites (N-methyl/N-ethyl adjacent to an activating group) is 1. The van der Waals surface area contributed by atoms with Gasteiger partial charge < -0.3 is 43.0 Å². The van der Waals surface area contributed by atoms with Crippen molar-refractivity contribution in [1.29, 1.82) is 0 Å². The average molecular weight is 812 g/mol. The number of amides is 2. The summed E-state index contributed by atoms with van der Waals surface area (Å²) in [5.41, 5.74) is 2.19. The summed E-state index contributed by atoms with van der Waals surface area (Å²) in [5.74, 6) is 0.799. The van der Waals surface area contributed by atoms with Gasteiger partial charge in [-0.3, -0.25) is 14.7 Å². The van der Waals surface area contributed by atoms with Crippen LogP contribution < -0.4 is 4.90 Å². The predicted octanol–water partition coefficient (Wildman–Crippen LogP) is 5.38. The van der Waals surface area contributed by atoms with Crippen molar-refractivity contribution in [3.05, 3.63) is 53.1 Å². The number of rotatable bonds is 20. The number of unbranched alkanes of at least 4 members (excludes halogenated alkanes) is 1. The predicted molar refractivity (Wildman–Crippen MR) is 220 cm³/mol. The Kier molecular flexibility index (Phi) is 15.6. The minimum Gasteiger partial charge on any atom is -0.444 e. The van der Waals surface area contributed by atoms with Crippen LogP contribution in [0.25, 0.3) is 11.0 Å². The largest absolute Gasteiger partial charge is 0.444 e. The van der Waals surface area contributed by atoms with Gasteiger partial charge >= 0.3 is 6.09 Å². The van der Waals surface area contributed by atoms with Gasteiger partial charge in [0.25, 0.3) is 0 Å². The Morgan fingerprint density at radius 1 is 0.825 bits per heavy atom. The number of carbonyl (C=O) groups excluding carboxylic acids is 2. The zero-order chi connectivity index (χ0) is 40.3. The molecule has 0 radical (unpaired) electrons. The molecule has 0 aliphatic carbocycles. The first kappa shape index (κ1) is 43.2. The molecule has 3 aliphatic rings. The Balaban J connectivity index is 0.912. The number of nitrogens with zero attached hydrogens (tertiary/aromatic N) is 7.